The summed E-state index contributed by atoms with van der Waals surface area (Å²) in [5.41, 5.74) is 3.61. The smallest absolute Gasteiger partial charge is 0.265 e. The molecule has 0 aliphatic carbocycles. The van der Waals surface area contributed by atoms with E-state index in [1.807, 2.05) is 19.1 Å². The van der Waals surface area contributed by atoms with Gasteiger partial charge in [-0.1, -0.05) is 42.0 Å². The molecule has 1 heterocycles. The Morgan fingerprint density at radius 2 is 1.73 bits per heavy atom. The molecule has 1 N–H and O–H groups in total. The van der Waals surface area contributed by atoms with Gasteiger partial charge in [-0.05, 0) is 49.7 Å². The molecule has 0 spiro atoms. The van der Waals surface area contributed by atoms with E-state index in [-0.39, 0.29) is 17.3 Å². The molecular weight excluding hydrogens is 403 g/mol. The number of amides is 1. The number of hydrogen-bond donors (Lipinski definition) is 1. The molecule has 1 amide bonds. The second kappa shape index (κ2) is 7.57. The highest BCUT2D eigenvalue weighted by atomic mass is 32.2. The van der Waals surface area contributed by atoms with Crippen LogP contribution in [0.25, 0.3) is 11.1 Å². The average molecular weight is 424 g/mol. The van der Waals surface area contributed by atoms with Crippen molar-refractivity contribution in [1.82, 2.24) is 5.32 Å². The van der Waals surface area contributed by atoms with E-state index in [1.165, 1.54) is 12.1 Å². The quantitative estimate of drug-likeness (QED) is 0.683. The number of carbonyl (C=O) groups is 1. The van der Waals surface area contributed by atoms with Crippen LogP contribution in [0.3, 0.4) is 0 Å². The lowest BCUT2D eigenvalue weighted by Gasteiger charge is -2.32. The molecule has 0 saturated heterocycles. The van der Waals surface area contributed by atoms with E-state index in [9.17, 15) is 17.6 Å². The molecule has 7 heteroatoms. The van der Waals surface area contributed by atoms with Gasteiger partial charge >= 0.3 is 0 Å². The molecule has 5 nitrogen and oxygen atoms in total. The Hall–Kier alpha value is -3.19. The Labute approximate surface area is 175 Å². The summed E-state index contributed by atoms with van der Waals surface area (Å²) in [5.74, 6) is -0.802. The summed E-state index contributed by atoms with van der Waals surface area (Å²) >= 11 is 0. The van der Waals surface area contributed by atoms with Gasteiger partial charge in [0.05, 0.1) is 16.6 Å². The second-order valence-corrected chi connectivity index (χ2v) is 9.20. The van der Waals surface area contributed by atoms with Gasteiger partial charge in [0.25, 0.3) is 10.0 Å². The SMILES string of the molecule is Cc1ccc2c(c1)-c1ccccc1S(=O)(=O)N2CC(=O)N[C@@H](C)c1ccc(F)cc1. The van der Waals surface area contributed by atoms with Crippen molar-refractivity contribution in [2.45, 2.75) is 24.8 Å². The number of nitrogens with one attached hydrogen (secondary N) is 1. The highest BCUT2D eigenvalue weighted by Gasteiger charge is 2.36. The predicted octanol–water partition coefficient (Wildman–Crippen LogP) is 4.19. The van der Waals surface area contributed by atoms with Crippen LogP contribution < -0.4 is 9.62 Å². The molecule has 0 saturated carbocycles. The molecule has 0 radical (unpaired) electrons. The van der Waals surface area contributed by atoms with Gasteiger partial charge in [-0.3, -0.25) is 9.10 Å². The molecule has 30 heavy (non-hydrogen) atoms. The van der Waals surface area contributed by atoms with Crippen LogP contribution in [0, 0.1) is 12.7 Å². The summed E-state index contributed by atoms with van der Waals surface area (Å²) in [6.07, 6.45) is 0. The number of hydrogen-bond acceptors (Lipinski definition) is 3. The van der Waals surface area contributed by atoms with Gasteiger partial charge in [-0.2, -0.15) is 0 Å². The van der Waals surface area contributed by atoms with Crippen LogP contribution in [0.2, 0.25) is 0 Å². The summed E-state index contributed by atoms with van der Waals surface area (Å²) < 4.78 is 40.9. The first-order valence-electron chi connectivity index (χ1n) is 9.55. The van der Waals surface area contributed by atoms with Gasteiger partial charge in [0.15, 0.2) is 0 Å². The van der Waals surface area contributed by atoms with Gasteiger partial charge in [0.1, 0.15) is 12.4 Å². The van der Waals surface area contributed by atoms with Crippen molar-refractivity contribution in [3.63, 3.8) is 0 Å². The van der Waals surface area contributed by atoms with E-state index >= 15 is 0 Å². The summed E-state index contributed by atoms with van der Waals surface area (Å²) in [4.78, 5) is 12.9. The van der Waals surface area contributed by atoms with Crippen LogP contribution in [0.5, 0.6) is 0 Å². The minimum absolute atomic E-state index is 0.183. The van der Waals surface area contributed by atoms with Gasteiger partial charge in [-0.15, -0.1) is 0 Å². The zero-order chi connectivity index (χ0) is 21.5. The molecule has 1 atom stereocenters. The van der Waals surface area contributed by atoms with Gasteiger partial charge in [-0.25, -0.2) is 12.8 Å². The van der Waals surface area contributed by atoms with Crippen molar-refractivity contribution in [3.05, 3.63) is 83.7 Å². The van der Waals surface area contributed by atoms with Crippen molar-refractivity contribution in [2.75, 3.05) is 10.8 Å². The fourth-order valence-electron chi connectivity index (χ4n) is 3.67. The van der Waals surface area contributed by atoms with E-state index in [4.69, 9.17) is 0 Å². The number of carbonyl (C=O) groups excluding carboxylic acids is 1. The Kier molecular flexibility index (Phi) is 5.07. The molecule has 0 unspecified atom stereocenters. The molecule has 1 aliphatic rings. The number of anilines is 1. The molecule has 3 aromatic carbocycles. The summed E-state index contributed by atoms with van der Waals surface area (Å²) in [6.45, 7) is 3.36. The first-order chi connectivity index (χ1) is 14.3. The Morgan fingerprint density at radius 1 is 1.03 bits per heavy atom. The van der Waals surface area contributed by atoms with Crippen molar-refractivity contribution in [1.29, 1.82) is 0 Å². The van der Waals surface area contributed by atoms with Crippen LogP contribution in [0.1, 0.15) is 24.1 Å². The Morgan fingerprint density at radius 3 is 2.47 bits per heavy atom. The number of fused-ring (bicyclic) bond motifs is 3. The Balaban J connectivity index is 1.65. The van der Waals surface area contributed by atoms with Crippen molar-refractivity contribution >= 4 is 21.6 Å². The van der Waals surface area contributed by atoms with Crippen LogP contribution in [0.15, 0.2) is 71.6 Å². The standard InChI is InChI=1S/C23H21FN2O3S/c1-15-7-12-21-20(13-15)19-5-3-4-6-22(19)30(28,29)26(21)14-23(27)25-16(2)17-8-10-18(24)11-9-17/h3-13,16H,14H2,1-2H3,(H,25,27)/t16-/m0/s1. The predicted molar refractivity (Wildman–Crippen MR) is 114 cm³/mol. The van der Waals surface area contributed by atoms with Gasteiger partial charge < -0.3 is 5.32 Å². The lowest BCUT2D eigenvalue weighted by atomic mass is 10.0. The Bertz CT molecular complexity index is 1220. The molecule has 1 aliphatic heterocycles. The lowest BCUT2D eigenvalue weighted by Crippen LogP contribution is -2.43. The van der Waals surface area contributed by atoms with Gasteiger partial charge in [0.2, 0.25) is 5.91 Å². The third-order valence-electron chi connectivity index (χ3n) is 5.20. The molecule has 3 aromatic rings. The number of halogens is 1. The van der Waals surface area contributed by atoms with E-state index in [0.717, 1.165) is 21.0 Å². The van der Waals surface area contributed by atoms with Crippen LogP contribution in [-0.2, 0) is 14.8 Å². The largest absolute Gasteiger partial charge is 0.348 e. The van der Waals surface area contributed by atoms with Crippen LogP contribution in [0.4, 0.5) is 10.1 Å². The van der Waals surface area contributed by atoms with Crippen LogP contribution in [-0.4, -0.2) is 20.9 Å². The summed E-state index contributed by atoms with van der Waals surface area (Å²) in [7, 11) is -3.89. The summed E-state index contributed by atoms with van der Waals surface area (Å²) in [5, 5.41) is 2.80. The highest BCUT2D eigenvalue weighted by molar-refractivity contribution is 7.93. The molecule has 0 fully saturated rings. The first-order valence-corrected chi connectivity index (χ1v) is 11.0. The zero-order valence-electron chi connectivity index (χ0n) is 16.6. The van der Waals surface area contributed by atoms with E-state index in [2.05, 4.69) is 5.32 Å². The maximum atomic E-state index is 13.3. The first kappa shape index (κ1) is 20.1. The molecule has 154 valence electrons. The minimum atomic E-state index is -3.89. The third kappa shape index (κ3) is 3.57. The normalized spacial score (nSPS) is 15.1. The molecule has 0 bridgehead atoms. The van der Waals surface area contributed by atoms with E-state index in [1.54, 1.807) is 49.4 Å². The second-order valence-electron chi connectivity index (χ2n) is 7.37. The number of nitrogens with zero attached hydrogens (tertiary/aromatic N) is 1. The number of rotatable bonds is 4. The average Bonchev–Trinajstić information content (AvgIpc) is 2.72. The van der Waals surface area contributed by atoms with E-state index in [0.29, 0.717) is 11.3 Å². The fourth-order valence-corrected chi connectivity index (χ4v) is 5.32. The van der Waals surface area contributed by atoms with Crippen LogP contribution >= 0.6 is 0 Å². The molecule has 4 rings (SSSR count). The van der Waals surface area contributed by atoms with E-state index < -0.39 is 22.0 Å². The molecule has 0 aromatic heterocycles. The zero-order valence-corrected chi connectivity index (χ0v) is 17.4. The highest BCUT2D eigenvalue weighted by Crippen LogP contribution is 2.43. The third-order valence-corrected chi connectivity index (χ3v) is 7.02. The maximum absolute atomic E-state index is 13.3. The minimum Gasteiger partial charge on any atom is -0.348 e. The number of sulfonamides is 1. The maximum Gasteiger partial charge on any atom is 0.265 e. The summed E-state index contributed by atoms with van der Waals surface area (Å²) in [6, 6.07) is 17.7. The van der Waals surface area contributed by atoms with Crippen molar-refractivity contribution in [2.24, 2.45) is 0 Å². The van der Waals surface area contributed by atoms with Crippen molar-refractivity contribution in [3.8, 4) is 11.1 Å². The lowest BCUT2D eigenvalue weighted by molar-refractivity contribution is -0.120. The van der Waals surface area contributed by atoms with Gasteiger partial charge in [0, 0.05) is 11.1 Å². The topological polar surface area (TPSA) is 66.5 Å². The van der Waals surface area contributed by atoms with Crippen molar-refractivity contribution < 1.29 is 17.6 Å². The molecular formula is C23H21FN2O3S. The monoisotopic (exact) mass is 424 g/mol. The number of aryl methyl sites for hydroxylation is 1. The fraction of sp³-hybridized carbons (Fsp3) is 0.174. The number of benzene rings is 3.